The van der Waals surface area contributed by atoms with Crippen molar-refractivity contribution in [2.45, 2.75) is 26.8 Å². The minimum atomic E-state index is -1.08. The number of rotatable bonds is 8. The Morgan fingerprint density at radius 1 is 1.33 bits per heavy atom. The van der Waals surface area contributed by atoms with E-state index >= 15 is 0 Å². The molecule has 0 aliphatic carbocycles. The molecule has 0 fully saturated rings. The van der Waals surface area contributed by atoms with Crippen molar-refractivity contribution in [3.8, 4) is 0 Å². The topological polar surface area (TPSA) is 126 Å². The summed E-state index contributed by atoms with van der Waals surface area (Å²) in [7, 11) is 0. The summed E-state index contributed by atoms with van der Waals surface area (Å²) in [5.41, 5.74) is 0.0128. The molecule has 1 aromatic rings. The van der Waals surface area contributed by atoms with Crippen molar-refractivity contribution in [2.24, 2.45) is 5.92 Å². The van der Waals surface area contributed by atoms with Crippen molar-refractivity contribution in [2.75, 3.05) is 13.1 Å². The van der Waals surface area contributed by atoms with Gasteiger partial charge < -0.3 is 15.7 Å². The fourth-order valence-electron chi connectivity index (χ4n) is 1.40. The van der Waals surface area contributed by atoms with Gasteiger partial charge in [-0.2, -0.15) is 0 Å². The fraction of sp³-hybridized carbons (Fsp3) is 0.583. The Hall–Kier alpha value is -2.45. The van der Waals surface area contributed by atoms with E-state index in [4.69, 9.17) is 5.11 Å². The number of aromatic nitrogens is 3. The molecule has 1 rings (SSSR count). The monoisotopic (exact) mass is 297 g/mol. The molecular formula is C12H19N5O4. The molecule has 0 spiro atoms. The molecule has 0 radical (unpaired) electrons. The molecule has 1 aromatic heterocycles. The number of carboxylic acids is 1. The highest BCUT2D eigenvalue weighted by Crippen LogP contribution is 1.94. The highest BCUT2D eigenvalue weighted by molar-refractivity contribution is 5.92. The summed E-state index contributed by atoms with van der Waals surface area (Å²) in [5, 5.41) is 20.9. The van der Waals surface area contributed by atoms with E-state index in [9.17, 15) is 14.4 Å². The first-order valence-electron chi connectivity index (χ1n) is 6.55. The molecule has 0 aromatic carbocycles. The third-order valence-corrected chi connectivity index (χ3v) is 2.41. The minimum Gasteiger partial charge on any atom is -0.480 e. The van der Waals surface area contributed by atoms with Crippen LogP contribution in [0.2, 0.25) is 0 Å². The van der Waals surface area contributed by atoms with Crippen LogP contribution in [0.4, 0.5) is 0 Å². The van der Waals surface area contributed by atoms with Crippen LogP contribution in [0.3, 0.4) is 0 Å². The first-order chi connectivity index (χ1) is 9.88. The van der Waals surface area contributed by atoms with Crippen LogP contribution in [0.25, 0.3) is 0 Å². The van der Waals surface area contributed by atoms with Crippen LogP contribution in [-0.2, 0) is 16.1 Å². The molecule has 9 heteroatoms. The number of aliphatic carboxylic acids is 1. The van der Waals surface area contributed by atoms with Crippen LogP contribution in [0.1, 0.15) is 30.8 Å². The zero-order valence-corrected chi connectivity index (χ0v) is 12.0. The van der Waals surface area contributed by atoms with Gasteiger partial charge in [0, 0.05) is 19.5 Å². The standard InChI is InChI=1S/C12H19N5O4/c1-8(2)5-14-10(18)3-4-13-12(21)9-6-17(16-15-9)7-11(19)20/h6,8H,3-5,7H2,1-2H3,(H,13,21)(H,14,18)(H,19,20). The normalized spacial score (nSPS) is 10.4. The number of hydrogen-bond acceptors (Lipinski definition) is 5. The Balaban J connectivity index is 2.32. The number of nitrogens with zero attached hydrogens (tertiary/aromatic N) is 3. The van der Waals surface area contributed by atoms with Crippen LogP contribution >= 0.6 is 0 Å². The molecule has 0 aliphatic rings. The van der Waals surface area contributed by atoms with Gasteiger partial charge in [-0.15, -0.1) is 5.10 Å². The Morgan fingerprint density at radius 3 is 2.67 bits per heavy atom. The molecule has 116 valence electrons. The smallest absolute Gasteiger partial charge is 0.325 e. The van der Waals surface area contributed by atoms with Gasteiger partial charge >= 0.3 is 5.97 Å². The zero-order valence-electron chi connectivity index (χ0n) is 12.0. The highest BCUT2D eigenvalue weighted by atomic mass is 16.4. The van der Waals surface area contributed by atoms with Gasteiger partial charge in [0.15, 0.2) is 5.69 Å². The van der Waals surface area contributed by atoms with E-state index in [-0.39, 0.29) is 31.1 Å². The summed E-state index contributed by atoms with van der Waals surface area (Å²) in [6.45, 7) is 4.38. The maximum absolute atomic E-state index is 11.7. The van der Waals surface area contributed by atoms with Gasteiger partial charge in [-0.3, -0.25) is 14.4 Å². The van der Waals surface area contributed by atoms with Gasteiger partial charge in [0.2, 0.25) is 5.91 Å². The van der Waals surface area contributed by atoms with Gasteiger partial charge in [-0.1, -0.05) is 19.1 Å². The summed E-state index contributed by atoms with van der Waals surface area (Å²) in [6.07, 6.45) is 1.41. The lowest BCUT2D eigenvalue weighted by molar-refractivity contribution is -0.138. The van der Waals surface area contributed by atoms with Gasteiger partial charge in [0.05, 0.1) is 6.20 Å². The Kier molecular flexibility index (Phi) is 6.31. The lowest BCUT2D eigenvalue weighted by Gasteiger charge is -2.07. The van der Waals surface area contributed by atoms with E-state index in [2.05, 4.69) is 20.9 Å². The van der Waals surface area contributed by atoms with Crippen LogP contribution in [0, 0.1) is 5.92 Å². The number of amides is 2. The van der Waals surface area contributed by atoms with Crippen LogP contribution in [-0.4, -0.2) is 51.0 Å². The van der Waals surface area contributed by atoms with Gasteiger partial charge in [0.1, 0.15) is 6.54 Å². The van der Waals surface area contributed by atoms with E-state index < -0.39 is 11.9 Å². The third-order valence-electron chi connectivity index (χ3n) is 2.41. The minimum absolute atomic E-state index is 0.0128. The molecule has 1 heterocycles. The lowest BCUT2D eigenvalue weighted by Crippen LogP contribution is -2.32. The summed E-state index contributed by atoms with van der Waals surface area (Å²) in [6, 6.07) is 0. The number of carbonyl (C=O) groups is 3. The number of hydrogen-bond donors (Lipinski definition) is 3. The molecule has 0 saturated heterocycles. The maximum Gasteiger partial charge on any atom is 0.325 e. The van der Waals surface area contributed by atoms with Crippen LogP contribution < -0.4 is 10.6 Å². The first-order valence-corrected chi connectivity index (χ1v) is 6.55. The SMILES string of the molecule is CC(C)CNC(=O)CCNC(=O)c1cn(CC(=O)O)nn1. The van der Waals surface area contributed by atoms with E-state index in [0.29, 0.717) is 12.5 Å². The molecule has 21 heavy (non-hydrogen) atoms. The van der Waals surface area contributed by atoms with Gasteiger partial charge in [-0.25, -0.2) is 4.68 Å². The summed E-state index contributed by atoms with van der Waals surface area (Å²) >= 11 is 0. The van der Waals surface area contributed by atoms with Gasteiger partial charge in [-0.05, 0) is 5.92 Å². The number of carboxylic acid groups (broad SMARTS) is 1. The van der Waals surface area contributed by atoms with Crippen LogP contribution in [0.15, 0.2) is 6.20 Å². The zero-order chi connectivity index (χ0) is 15.8. The second kappa shape index (κ2) is 7.98. The second-order valence-electron chi connectivity index (χ2n) is 4.90. The predicted molar refractivity (Wildman–Crippen MR) is 72.5 cm³/mol. The number of carbonyl (C=O) groups excluding carboxylic acids is 2. The van der Waals surface area contributed by atoms with E-state index in [1.165, 1.54) is 6.20 Å². The maximum atomic E-state index is 11.7. The second-order valence-corrected chi connectivity index (χ2v) is 4.90. The van der Waals surface area contributed by atoms with Crippen molar-refractivity contribution in [3.63, 3.8) is 0 Å². The summed E-state index contributed by atoms with van der Waals surface area (Å²) in [5.74, 6) is -1.34. The predicted octanol–water partition coefficient (Wildman–Crippen LogP) is -0.745. The lowest BCUT2D eigenvalue weighted by atomic mass is 10.2. The highest BCUT2D eigenvalue weighted by Gasteiger charge is 2.12. The Morgan fingerprint density at radius 2 is 2.05 bits per heavy atom. The molecule has 0 aliphatic heterocycles. The quantitative estimate of drug-likeness (QED) is 0.580. The van der Waals surface area contributed by atoms with Gasteiger partial charge in [0.25, 0.3) is 5.91 Å². The van der Waals surface area contributed by atoms with Crippen LogP contribution in [0.5, 0.6) is 0 Å². The van der Waals surface area contributed by atoms with E-state index in [1.54, 1.807) is 0 Å². The van der Waals surface area contributed by atoms with Crippen molar-refractivity contribution >= 4 is 17.8 Å². The summed E-state index contributed by atoms with van der Waals surface area (Å²) < 4.78 is 1.05. The largest absolute Gasteiger partial charge is 0.480 e. The van der Waals surface area contributed by atoms with E-state index in [1.807, 2.05) is 13.8 Å². The van der Waals surface area contributed by atoms with Crippen molar-refractivity contribution in [1.82, 2.24) is 25.6 Å². The van der Waals surface area contributed by atoms with E-state index in [0.717, 1.165) is 4.68 Å². The van der Waals surface area contributed by atoms with Crippen molar-refractivity contribution in [3.05, 3.63) is 11.9 Å². The first kappa shape index (κ1) is 16.6. The molecule has 3 N–H and O–H groups in total. The average molecular weight is 297 g/mol. The molecule has 0 unspecified atom stereocenters. The Labute approximate surface area is 121 Å². The molecule has 9 nitrogen and oxygen atoms in total. The van der Waals surface area contributed by atoms with Crippen molar-refractivity contribution < 1.29 is 19.5 Å². The van der Waals surface area contributed by atoms with Crippen molar-refractivity contribution in [1.29, 1.82) is 0 Å². The summed E-state index contributed by atoms with van der Waals surface area (Å²) in [4.78, 5) is 33.6. The molecule has 0 saturated carbocycles. The third kappa shape index (κ3) is 6.50. The number of nitrogens with one attached hydrogen (secondary N) is 2. The molecular weight excluding hydrogens is 278 g/mol. The average Bonchev–Trinajstić information content (AvgIpc) is 2.84. The Bertz CT molecular complexity index is 512. The molecule has 0 atom stereocenters. The fourth-order valence-corrected chi connectivity index (χ4v) is 1.40. The molecule has 2 amide bonds. The molecule has 0 bridgehead atoms.